The van der Waals surface area contributed by atoms with Crippen molar-refractivity contribution in [2.75, 3.05) is 6.54 Å². The number of aliphatic imine (C=N–C) groups is 1. The molecule has 0 saturated heterocycles. The van der Waals surface area contributed by atoms with E-state index in [0.29, 0.717) is 0 Å². The van der Waals surface area contributed by atoms with Crippen molar-refractivity contribution >= 4 is 49.4 Å². The van der Waals surface area contributed by atoms with Crippen molar-refractivity contribution in [3.05, 3.63) is 204 Å². The molecule has 2 heterocycles. The SMILES string of the molecule is C1=CCNC(c2ccc(-c3cc(-c4cc5cccc6ccc7cccc4c7c65)cc(C4N=C(c5ccccc5)C=C(c5ccccc5)N4)c3)cc2)=C1. The fourth-order valence-electron chi connectivity index (χ4n) is 7.88. The zero-order chi connectivity index (χ0) is 34.4. The second kappa shape index (κ2) is 12.6. The first-order chi connectivity index (χ1) is 25.7. The molecule has 2 N–H and O–H groups in total. The summed E-state index contributed by atoms with van der Waals surface area (Å²) in [6.45, 7) is 0.844. The third kappa shape index (κ3) is 5.35. The van der Waals surface area contributed by atoms with Crippen LogP contribution in [0.15, 0.2) is 187 Å². The van der Waals surface area contributed by atoms with Crippen LogP contribution in [0.1, 0.15) is 28.4 Å². The molecule has 0 fully saturated rings. The Morgan fingerprint density at radius 2 is 1.17 bits per heavy atom. The molecule has 2 aliphatic heterocycles. The summed E-state index contributed by atoms with van der Waals surface area (Å²) < 4.78 is 0. The topological polar surface area (TPSA) is 36.4 Å². The lowest BCUT2D eigenvalue weighted by Gasteiger charge is -2.26. The standard InChI is InChI=1S/C49H35N3/c1-3-11-33(12-4-1)45-31-46(34-13-5-2-6-14-34)52-49(51-45)41-28-39(32-20-22-35(23-21-32)44-19-7-8-26-50-44)27-40(29-41)43-30-38-17-9-15-36-24-25-37-16-10-18-42(43)48(37)47(36)38/h1-25,27-31,49-51H,26H2. The Morgan fingerprint density at radius 1 is 0.500 bits per heavy atom. The van der Waals surface area contributed by atoms with Crippen molar-refractivity contribution in [2.24, 2.45) is 4.99 Å². The van der Waals surface area contributed by atoms with E-state index in [0.717, 1.165) is 51.5 Å². The average molecular weight is 666 g/mol. The van der Waals surface area contributed by atoms with E-state index in [9.17, 15) is 0 Å². The maximum absolute atomic E-state index is 5.39. The first-order valence-corrected chi connectivity index (χ1v) is 18.0. The summed E-state index contributed by atoms with van der Waals surface area (Å²) in [5, 5.41) is 15.0. The Kier molecular flexibility index (Phi) is 7.28. The Bertz CT molecular complexity index is 2740. The molecule has 1 atom stereocenters. The number of dihydropyridines is 1. The van der Waals surface area contributed by atoms with Gasteiger partial charge in [0.1, 0.15) is 6.17 Å². The molecule has 0 spiro atoms. The van der Waals surface area contributed by atoms with Gasteiger partial charge in [0.25, 0.3) is 0 Å². The number of hydrogen-bond donors (Lipinski definition) is 2. The van der Waals surface area contributed by atoms with Gasteiger partial charge in [-0.3, -0.25) is 4.99 Å². The molecular weight excluding hydrogens is 631 g/mol. The fourth-order valence-corrected chi connectivity index (χ4v) is 7.88. The van der Waals surface area contributed by atoms with E-state index < -0.39 is 0 Å². The van der Waals surface area contributed by atoms with Gasteiger partial charge in [-0.15, -0.1) is 0 Å². The highest BCUT2D eigenvalue weighted by Crippen LogP contribution is 2.42. The van der Waals surface area contributed by atoms with Crippen molar-refractivity contribution in [1.82, 2.24) is 10.6 Å². The summed E-state index contributed by atoms with van der Waals surface area (Å²) in [5.74, 6) is 0. The molecular formula is C49H35N3. The van der Waals surface area contributed by atoms with Gasteiger partial charge in [-0.05, 0) is 113 Å². The van der Waals surface area contributed by atoms with Crippen LogP contribution in [-0.2, 0) is 0 Å². The largest absolute Gasteiger partial charge is 0.381 e. The summed E-state index contributed by atoms with van der Waals surface area (Å²) in [7, 11) is 0. The number of rotatable bonds is 6. The molecule has 0 aromatic heterocycles. The molecule has 3 nitrogen and oxygen atoms in total. The van der Waals surface area contributed by atoms with Crippen molar-refractivity contribution in [2.45, 2.75) is 6.17 Å². The maximum Gasteiger partial charge on any atom is 0.145 e. The highest BCUT2D eigenvalue weighted by molar-refractivity contribution is 6.26. The molecule has 1 unspecified atom stereocenters. The van der Waals surface area contributed by atoms with Gasteiger partial charge < -0.3 is 10.6 Å². The third-order valence-electron chi connectivity index (χ3n) is 10.4. The lowest BCUT2D eigenvalue weighted by Crippen LogP contribution is -2.25. The molecule has 8 aromatic carbocycles. The Morgan fingerprint density at radius 3 is 1.94 bits per heavy atom. The van der Waals surface area contributed by atoms with Crippen LogP contribution < -0.4 is 10.6 Å². The highest BCUT2D eigenvalue weighted by Gasteiger charge is 2.22. The molecule has 10 rings (SSSR count). The van der Waals surface area contributed by atoms with Crippen LogP contribution >= 0.6 is 0 Å². The first kappa shape index (κ1) is 30.1. The lowest BCUT2D eigenvalue weighted by atomic mass is 9.87. The van der Waals surface area contributed by atoms with Crippen molar-refractivity contribution < 1.29 is 0 Å². The van der Waals surface area contributed by atoms with Crippen LogP contribution in [0.2, 0.25) is 0 Å². The summed E-state index contributed by atoms with van der Waals surface area (Å²) in [4.78, 5) is 5.39. The molecule has 0 bridgehead atoms. The van der Waals surface area contributed by atoms with E-state index in [-0.39, 0.29) is 6.17 Å². The minimum atomic E-state index is -0.299. The normalized spacial score (nSPS) is 15.6. The number of nitrogens with zero attached hydrogens (tertiary/aromatic N) is 1. The zero-order valence-corrected chi connectivity index (χ0v) is 28.6. The number of benzene rings is 8. The summed E-state index contributed by atoms with van der Waals surface area (Å²) >= 11 is 0. The lowest BCUT2D eigenvalue weighted by molar-refractivity contribution is 0.664. The van der Waals surface area contributed by atoms with Crippen molar-refractivity contribution in [3.63, 3.8) is 0 Å². The van der Waals surface area contributed by atoms with E-state index >= 15 is 0 Å². The molecule has 0 radical (unpaired) electrons. The van der Waals surface area contributed by atoms with E-state index in [1.54, 1.807) is 0 Å². The minimum Gasteiger partial charge on any atom is -0.381 e. The molecule has 2 aliphatic rings. The average Bonchev–Trinajstić information content (AvgIpc) is 3.23. The second-order valence-corrected chi connectivity index (χ2v) is 13.6. The maximum atomic E-state index is 5.39. The van der Waals surface area contributed by atoms with E-state index in [1.165, 1.54) is 49.0 Å². The van der Waals surface area contributed by atoms with Gasteiger partial charge in [0, 0.05) is 17.9 Å². The van der Waals surface area contributed by atoms with Gasteiger partial charge in [0.2, 0.25) is 0 Å². The number of allylic oxidation sites excluding steroid dienone is 3. The highest BCUT2D eigenvalue weighted by atomic mass is 15.1. The van der Waals surface area contributed by atoms with Crippen LogP contribution in [0.5, 0.6) is 0 Å². The van der Waals surface area contributed by atoms with Crippen LogP contribution in [0.3, 0.4) is 0 Å². The van der Waals surface area contributed by atoms with Gasteiger partial charge in [-0.25, -0.2) is 0 Å². The quantitative estimate of drug-likeness (QED) is 0.173. The zero-order valence-electron chi connectivity index (χ0n) is 28.6. The molecule has 0 amide bonds. The Labute approximate surface area is 303 Å². The second-order valence-electron chi connectivity index (χ2n) is 13.6. The summed E-state index contributed by atoms with van der Waals surface area (Å²) in [6.07, 6.45) is 8.27. The Hall–Kier alpha value is -6.71. The Balaban J connectivity index is 1.18. The summed E-state index contributed by atoms with van der Waals surface area (Å²) in [6, 6.07) is 57.2. The summed E-state index contributed by atoms with van der Waals surface area (Å²) in [5.41, 5.74) is 12.4. The molecule has 52 heavy (non-hydrogen) atoms. The van der Waals surface area contributed by atoms with Gasteiger partial charge >= 0.3 is 0 Å². The molecule has 0 saturated carbocycles. The molecule has 8 aromatic rings. The fraction of sp³-hybridized carbons (Fsp3) is 0.0408. The third-order valence-corrected chi connectivity index (χ3v) is 10.4. The molecule has 246 valence electrons. The number of hydrogen-bond acceptors (Lipinski definition) is 3. The van der Waals surface area contributed by atoms with Gasteiger partial charge in [-0.2, -0.15) is 0 Å². The first-order valence-electron chi connectivity index (χ1n) is 18.0. The van der Waals surface area contributed by atoms with Crippen LogP contribution in [0.4, 0.5) is 0 Å². The van der Waals surface area contributed by atoms with Crippen LogP contribution in [0.25, 0.3) is 66.0 Å². The van der Waals surface area contributed by atoms with E-state index in [1.807, 2.05) is 0 Å². The van der Waals surface area contributed by atoms with Gasteiger partial charge in [0.05, 0.1) is 5.71 Å². The predicted molar refractivity (Wildman–Crippen MR) is 219 cm³/mol. The van der Waals surface area contributed by atoms with Crippen LogP contribution in [0, 0.1) is 0 Å². The monoisotopic (exact) mass is 665 g/mol. The van der Waals surface area contributed by atoms with E-state index in [4.69, 9.17) is 4.99 Å². The smallest absolute Gasteiger partial charge is 0.145 e. The molecule has 3 heteroatoms. The molecule has 0 aliphatic carbocycles. The van der Waals surface area contributed by atoms with Crippen molar-refractivity contribution in [1.29, 1.82) is 0 Å². The van der Waals surface area contributed by atoms with Crippen LogP contribution in [-0.4, -0.2) is 12.3 Å². The minimum absolute atomic E-state index is 0.299. The van der Waals surface area contributed by atoms with Gasteiger partial charge in [-0.1, -0.05) is 146 Å². The van der Waals surface area contributed by atoms with Gasteiger partial charge in [0.15, 0.2) is 0 Å². The van der Waals surface area contributed by atoms with Crippen molar-refractivity contribution in [3.8, 4) is 22.3 Å². The van der Waals surface area contributed by atoms with E-state index in [2.05, 4.69) is 193 Å². The number of nitrogens with one attached hydrogen (secondary N) is 2. The predicted octanol–water partition coefficient (Wildman–Crippen LogP) is 11.6.